The lowest BCUT2D eigenvalue weighted by Gasteiger charge is -2.26. The molecule has 0 unspecified atom stereocenters. The van der Waals surface area contributed by atoms with Crippen LogP contribution in [0.15, 0.2) is 54.2 Å². The topological polar surface area (TPSA) is 74.9 Å². The molecule has 1 fully saturated rings. The first kappa shape index (κ1) is 21.0. The number of benzene rings is 1. The van der Waals surface area contributed by atoms with E-state index in [1.165, 1.54) is 9.80 Å². The molecule has 1 aromatic heterocycles. The highest BCUT2D eigenvalue weighted by atomic mass is 35.5. The number of carbonyl (C=O) groups excluding carboxylic acids is 2. The number of carbonyl (C=O) groups is 2. The molecule has 1 aliphatic heterocycles. The van der Waals surface area contributed by atoms with Crippen LogP contribution in [0.3, 0.4) is 0 Å². The molecule has 152 valence electrons. The highest BCUT2D eigenvalue weighted by Crippen LogP contribution is 2.38. The summed E-state index contributed by atoms with van der Waals surface area (Å²) in [5.41, 5.74) is 1.05. The summed E-state index contributed by atoms with van der Waals surface area (Å²) in [7, 11) is 0. The maximum Gasteiger partial charge on any atom is 0.295 e. The first-order valence-corrected chi connectivity index (χ1v) is 10.1. The molecule has 1 atom stereocenters. The van der Waals surface area contributed by atoms with E-state index in [2.05, 4.69) is 18.8 Å². The van der Waals surface area contributed by atoms with Crippen LogP contribution in [0.4, 0.5) is 0 Å². The average molecular weight is 415 g/mol. The predicted molar refractivity (Wildman–Crippen MR) is 112 cm³/mol. The number of likely N-dealkylation sites (tertiary alicyclic amines) is 1. The van der Waals surface area contributed by atoms with Gasteiger partial charge in [-0.05, 0) is 50.2 Å². The van der Waals surface area contributed by atoms with Gasteiger partial charge < -0.3 is 14.9 Å². The fourth-order valence-electron chi connectivity index (χ4n) is 3.60. The van der Waals surface area contributed by atoms with Crippen LogP contribution in [0, 0.1) is 0 Å². The van der Waals surface area contributed by atoms with Crippen LogP contribution in [0.5, 0.6) is 0 Å². The Labute approximate surface area is 175 Å². The lowest BCUT2D eigenvalue weighted by atomic mass is 9.98. The summed E-state index contributed by atoms with van der Waals surface area (Å²) in [6.07, 6.45) is 1.62. The van der Waals surface area contributed by atoms with Gasteiger partial charge in [-0.2, -0.15) is 0 Å². The summed E-state index contributed by atoms with van der Waals surface area (Å²) in [5.74, 6) is -1.52. The second-order valence-corrected chi connectivity index (χ2v) is 7.40. The van der Waals surface area contributed by atoms with Crippen LogP contribution in [-0.4, -0.2) is 52.9 Å². The van der Waals surface area contributed by atoms with Gasteiger partial charge in [-0.15, -0.1) is 0 Å². The van der Waals surface area contributed by atoms with Gasteiger partial charge in [0.25, 0.3) is 11.7 Å². The first-order chi connectivity index (χ1) is 14.0. The molecule has 2 heterocycles. The van der Waals surface area contributed by atoms with Gasteiger partial charge in [0.2, 0.25) is 0 Å². The van der Waals surface area contributed by atoms with Crippen molar-refractivity contribution < 1.29 is 19.6 Å². The Hall–Kier alpha value is -2.70. The molecule has 0 saturated carbocycles. The minimum Gasteiger partial charge on any atom is -0.507 e. The molecular weight excluding hydrogens is 390 g/mol. The number of halogens is 1. The van der Waals surface area contributed by atoms with Crippen LogP contribution in [-0.2, 0) is 9.59 Å². The molecule has 1 aromatic carbocycles. The van der Waals surface area contributed by atoms with Crippen molar-refractivity contribution in [3.05, 3.63) is 70.5 Å². The molecule has 29 heavy (non-hydrogen) atoms. The summed E-state index contributed by atoms with van der Waals surface area (Å²) < 4.78 is 0. The molecule has 0 bridgehead atoms. The number of quaternary nitrogens is 1. The summed E-state index contributed by atoms with van der Waals surface area (Å²) >= 11 is 5.93. The minimum absolute atomic E-state index is 0.0607. The Morgan fingerprint density at radius 1 is 1.14 bits per heavy atom. The summed E-state index contributed by atoms with van der Waals surface area (Å²) in [6, 6.07) is 11.1. The molecule has 7 heteroatoms. The molecule has 2 aromatic rings. The zero-order valence-corrected chi connectivity index (χ0v) is 17.3. The van der Waals surface area contributed by atoms with Crippen LogP contribution < -0.4 is 4.90 Å². The Morgan fingerprint density at radius 3 is 2.41 bits per heavy atom. The summed E-state index contributed by atoms with van der Waals surface area (Å²) in [6.45, 7) is 7.15. The third kappa shape index (κ3) is 4.33. The molecule has 0 radical (unpaired) electrons. The van der Waals surface area contributed by atoms with E-state index in [1.54, 1.807) is 48.7 Å². The van der Waals surface area contributed by atoms with E-state index in [0.717, 1.165) is 13.1 Å². The maximum absolute atomic E-state index is 12.9. The number of hydrogen-bond donors (Lipinski definition) is 2. The van der Waals surface area contributed by atoms with Crippen molar-refractivity contribution in [3.8, 4) is 0 Å². The highest BCUT2D eigenvalue weighted by molar-refractivity contribution is 6.46. The SMILES string of the molecule is CC[NH+](CC)CCN1C(=O)C(=O)C(=C(O)c2ccc(Cl)cc2)[C@@H]1c1ccccn1. The van der Waals surface area contributed by atoms with Gasteiger partial charge in [-0.25, -0.2) is 0 Å². The number of aliphatic hydroxyl groups is 1. The number of pyridine rings is 1. The molecule has 0 aliphatic carbocycles. The Morgan fingerprint density at radius 2 is 1.83 bits per heavy atom. The molecule has 6 nitrogen and oxygen atoms in total. The number of rotatable bonds is 7. The zero-order chi connectivity index (χ0) is 21.0. The standard InChI is InChI=1S/C22H24ClN3O3/c1-3-25(4-2)13-14-26-19(17-7-5-6-12-24-17)18(21(28)22(26)29)20(27)15-8-10-16(23)11-9-15/h5-12,19,27H,3-4,13-14H2,1-2H3/p+1/t19-/m0/s1. The van der Waals surface area contributed by atoms with Gasteiger partial charge in [0, 0.05) is 16.8 Å². The third-order valence-electron chi connectivity index (χ3n) is 5.33. The zero-order valence-electron chi connectivity index (χ0n) is 16.6. The second-order valence-electron chi connectivity index (χ2n) is 6.96. The van der Waals surface area contributed by atoms with Gasteiger partial charge in [0.05, 0.1) is 37.4 Å². The summed E-state index contributed by atoms with van der Waals surface area (Å²) in [5, 5.41) is 11.4. The number of aliphatic hydroxyl groups excluding tert-OH is 1. The molecule has 1 aliphatic rings. The Bertz CT molecular complexity index is 909. The van der Waals surface area contributed by atoms with E-state index in [1.807, 2.05) is 0 Å². The lowest BCUT2D eigenvalue weighted by molar-refractivity contribution is -0.895. The van der Waals surface area contributed by atoms with E-state index in [0.29, 0.717) is 29.4 Å². The number of amides is 1. The average Bonchev–Trinajstić information content (AvgIpc) is 3.00. The van der Waals surface area contributed by atoms with Crippen molar-refractivity contribution >= 4 is 29.1 Å². The van der Waals surface area contributed by atoms with Gasteiger partial charge in [-0.3, -0.25) is 14.6 Å². The van der Waals surface area contributed by atoms with Crippen molar-refractivity contribution in [3.63, 3.8) is 0 Å². The van der Waals surface area contributed by atoms with Crippen molar-refractivity contribution in [1.82, 2.24) is 9.88 Å². The van der Waals surface area contributed by atoms with Crippen molar-refractivity contribution in [1.29, 1.82) is 0 Å². The number of aromatic nitrogens is 1. The number of likely N-dealkylation sites (N-methyl/N-ethyl adjacent to an activating group) is 1. The number of hydrogen-bond acceptors (Lipinski definition) is 4. The third-order valence-corrected chi connectivity index (χ3v) is 5.58. The molecular formula is C22H25ClN3O3+. The lowest BCUT2D eigenvalue weighted by Crippen LogP contribution is -3.12. The molecule has 2 N–H and O–H groups in total. The number of nitrogens with one attached hydrogen (secondary N) is 1. The van der Waals surface area contributed by atoms with Crippen LogP contribution >= 0.6 is 11.6 Å². The highest BCUT2D eigenvalue weighted by Gasteiger charge is 2.46. The number of ketones is 1. The Kier molecular flexibility index (Phi) is 6.67. The molecule has 1 amide bonds. The first-order valence-electron chi connectivity index (χ1n) is 9.76. The fraction of sp³-hybridized carbons (Fsp3) is 0.318. The van der Waals surface area contributed by atoms with Crippen molar-refractivity contribution in [2.45, 2.75) is 19.9 Å². The predicted octanol–water partition coefficient (Wildman–Crippen LogP) is 2.08. The monoisotopic (exact) mass is 414 g/mol. The van der Waals surface area contributed by atoms with Crippen LogP contribution in [0.1, 0.15) is 31.1 Å². The van der Waals surface area contributed by atoms with Crippen LogP contribution in [0.25, 0.3) is 5.76 Å². The number of nitrogens with zero attached hydrogens (tertiary/aromatic N) is 2. The van der Waals surface area contributed by atoms with Gasteiger partial charge in [0.15, 0.2) is 0 Å². The Balaban J connectivity index is 2.06. The molecule has 3 rings (SSSR count). The van der Waals surface area contributed by atoms with E-state index in [4.69, 9.17) is 11.6 Å². The van der Waals surface area contributed by atoms with Gasteiger partial charge >= 0.3 is 0 Å². The van der Waals surface area contributed by atoms with Crippen molar-refractivity contribution in [2.75, 3.05) is 26.2 Å². The molecule has 0 spiro atoms. The fourth-order valence-corrected chi connectivity index (χ4v) is 3.73. The summed E-state index contributed by atoms with van der Waals surface area (Å²) in [4.78, 5) is 33.0. The normalized spacial score (nSPS) is 18.6. The van der Waals surface area contributed by atoms with E-state index in [9.17, 15) is 14.7 Å². The van der Waals surface area contributed by atoms with E-state index in [-0.39, 0.29) is 11.3 Å². The van der Waals surface area contributed by atoms with Crippen LogP contribution in [0.2, 0.25) is 5.02 Å². The maximum atomic E-state index is 12.9. The van der Waals surface area contributed by atoms with E-state index < -0.39 is 17.7 Å². The smallest absolute Gasteiger partial charge is 0.295 e. The van der Waals surface area contributed by atoms with Crippen molar-refractivity contribution in [2.24, 2.45) is 0 Å². The van der Waals surface area contributed by atoms with E-state index >= 15 is 0 Å². The number of Topliss-reactive ketones (excluding diaryl/α,β-unsaturated/α-hetero) is 1. The van der Waals surface area contributed by atoms with Gasteiger partial charge in [0.1, 0.15) is 11.8 Å². The minimum atomic E-state index is -0.721. The largest absolute Gasteiger partial charge is 0.507 e. The van der Waals surface area contributed by atoms with Gasteiger partial charge in [-0.1, -0.05) is 17.7 Å². The molecule has 1 saturated heterocycles. The second kappa shape index (κ2) is 9.20. The quantitative estimate of drug-likeness (QED) is 0.413.